The van der Waals surface area contributed by atoms with Gasteiger partial charge in [-0.3, -0.25) is 0 Å². The van der Waals surface area contributed by atoms with Gasteiger partial charge in [-0.05, 0) is 92.9 Å². The normalized spacial score (nSPS) is 23.4. The third-order valence-electron chi connectivity index (χ3n) is 18.5. The summed E-state index contributed by atoms with van der Waals surface area (Å²) in [6, 6.07) is 67.2. The Morgan fingerprint density at radius 2 is 0.828 bits per heavy atom. The molecule has 10 rings (SSSR count). The SMILES string of the molecule is C=CCCCOC1OC(COC2OC(CO[Si](c3ccccc3)(c3ccccc3)C(C)(C)C)C(OCCCC)C2OC(=O)c2ccccc2)C(OC2(OC(=O)c3ccccc3)COC(CO[Si](c3ccccc3)(c3ccccc3)C(C)(C)C)C2OCCCC)C1OC(=O)c1ccccc1. The quantitative estimate of drug-likeness (QED) is 0.00931. The zero-order chi connectivity index (χ0) is 69.9. The van der Waals surface area contributed by atoms with Crippen LogP contribution in [0.3, 0.4) is 0 Å². The Morgan fingerprint density at radius 3 is 1.25 bits per heavy atom. The number of rotatable bonds is 34. The maximum absolute atomic E-state index is 15.1. The predicted molar refractivity (Wildman–Crippen MR) is 386 cm³/mol. The van der Waals surface area contributed by atoms with Gasteiger partial charge in [0, 0.05) is 13.2 Å². The second kappa shape index (κ2) is 34.9. The van der Waals surface area contributed by atoms with E-state index >= 15 is 4.79 Å². The van der Waals surface area contributed by atoms with Crippen LogP contribution in [0.4, 0.5) is 0 Å². The number of carbonyl (C=O) groups is 3. The zero-order valence-corrected chi connectivity index (χ0v) is 60.5. The summed E-state index contributed by atoms with van der Waals surface area (Å²) >= 11 is 0. The van der Waals surface area contributed by atoms with E-state index in [1.807, 2.05) is 84.9 Å². The number of allylic oxidation sites excluding steroid dienone is 1. The minimum absolute atomic E-state index is 0.0161. The summed E-state index contributed by atoms with van der Waals surface area (Å²) in [6.07, 6.45) is -5.78. The van der Waals surface area contributed by atoms with Crippen LogP contribution in [0.2, 0.25) is 10.1 Å². The maximum Gasteiger partial charge on any atom is 0.340 e. The van der Waals surface area contributed by atoms with Crippen molar-refractivity contribution in [3.63, 3.8) is 0 Å². The number of carbonyl (C=O) groups excluding carboxylic acids is 3. The molecule has 0 N–H and O–H groups in total. The minimum Gasteiger partial charge on any atom is -0.450 e. The van der Waals surface area contributed by atoms with Crippen LogP contribution in [0.15, 0.2) is 225 Å². The molecule has 7 aromatic carbocycles. The van der Waals surface area contributed by atoms with Crippen LogP contribution in [0.1, 0.15) is 125 Å². The molecule has 3 heterocycles. The van der Waals surface area contributed by atoms with Crippen molar-refractivity contribution < 1.29 is 75.3 Å². The maximum atomic E-state index is 15.1. The zero-order valence-electron chi connectivity index (χ0n) is 58.5. The fraction of sp³-hybridized carbons (Fsp3) is 0.420. The van der Waals surface area contributed by atoms with E-state index in [1.165, 1.54) is 0 Å². The molecule has 0 bridgehead atoms. The van der Waals surface area contributed by atoms with Gasteiger partial charge in [0.05, 0.1) is 43.1 Å². The lowest BCUT2D eigenvalue weighted by Gasteiger charge is -2.44. The van der Waals surface area contributed by atoms with E-state index in [-0.39, 0.29) is 50.8 Å². The second-order valence-corrected chi connectivity index (χ2v) is 36.1. The Hall–Kier alpha value is -7.28. The van der Waals surface area contributed by atoms with Gasteiger partial charge in [-0.25, -0.2) is 14.4 Å². The first kappa shape index (κ1) is 74.4. The molecular formula is C81H98O16Si2. The average molecular weight is 1380 g/mol. The summed E-state index contributed by atoms with van der Waals surface area (Å²) < 4.78 is 91.5. The topological polar surface area (TPSA) is 171 Å². The van der Waals surface area contributed by atoms with E-state index in [0.717, 1.165) is 33.6 Å². The molecule has 3 aliphatic heterocycles. The van der Waals surface area contributed by atoms with E-state index in [4.69, 9.17) is 61.0 Å². The van der Waals surface area contributed by atoms with Crippen molar-refractivity contribution in [3.05, 3.63) is 242 Å². The lowest BCUT2D eigenvalue weighted by molar-refractivity contribution is -0.285. The van der Waals surface area contributed by atoms with Gasteiger partial charge < -0.3 is 61.0 Å². The number of hydrogen-bond donors (Lipinski definition) is 0. The van der Waals surface area contributed by atoms with Crippen molar-refractivity contribution in [1.82, 2.24) is 0 Å². The van der Waals surface area contributed by atoms with E-state index in [0.29, 0.717) is 37.9 Å². The van der Waals surface area contributed by atoms with E-state index in [1.54, 1.807) is 84.9 Å². The molecule has 3 fully saturated rings. The Morgan fingerprint density at radius 1 is 0.455 bits per heavy atom. The van der Waals surface area contributed by atoms with Crippen molar-refractivity contribution in [2.75, 3.05) is 46.2 Å². The number of unbranched alkanes of at least 4 members (excludes halogenated alkanes) is 3. The van der Waals surface area contributed by atoms with Crippen molar-refractivity contribution in [2.24, 2.45) is 0 Å². The first-order chi connectivity index (χ1) is 48.0. The van der Waals surface area contributed by atoms with Crippen LogP contribution < -0.4 is 20.7 Å². The Kier molecular flexibility index (Phi) is 26.2. The summed E-state index contributed by atoms with van der Waals surface area (Å²) in [5.74, 6) is -4.17. The second-order valence-electron chi connectivity index (χ2n) is 27.5. The van der Waals surface area contributed by atoms with Gasteiger partial charge in [0.25, 0.3) is 22.4 Å². The molecule has 0 spiro atoms. The molecule has 0 aromatic heterocycles. The highest BCUT2D eigenvalue weighted by molar-refractivity contribution is 7.00. The summed E-state index contributed by atoms with van der Waals surface area (Å²) in [7, 11) is -6.46. The molecule has 16 nitrogen and oxygen atoms in total. The fourth-order valence-corrected chi connectivity index (χ4v) is 22.7. The van der Waals surface area contributed by atoms with Gasteiger partial charge in [0.2, 0.25) is 0 Å². The molecule has 3 aliphatic rings. The standard InChI is InChI=1S/C81H98O16Si2/c1-10-13-37-54-87-77-72(95-75(83)60-40-25-17-26-41-60)70(96-81(97-76(84)61-42-27-18-28-43-61)58-89-68(73(81)86-53-15-12-3)57-91-99(80(7,8)9,64-48-33-21-34-49-64)65-50-35-22-36-51-65)66(92-77)55-88-78-71(94-74(82)59-38-23-16-24-39-59)69(85-52-14-11-2)67(93-78)56-90-98(79(4,5)6,62-44-29-19-30-45-62)63-46-31-20-32-47-63/h10,16-36,38-51,66-73,77-78H,1,11-15,37,52-58H2,2-9H3. The van der Waals surface area contributed by atoms with Gasteiger partial charge in [-0.2, -0.15) is 0 Å². The van der Waals surface area contributed by atoms with Crippen LogP contribution in [0.25, 0.3) is 0 Å². The third-order valence-corrected chi connectivity index (χ3v) is 28.6. The molecular weight excluding hydrogens is 1290 g/mol. The minimum atomic E-state index is -3.24. The molecule has 0 aliphatic carbocycles. The van der Waals surface area contributed by atoms with Crippen molar-refractivity contribution in [3.8, 4) is 0 Å². The molecule has 99 heavy (non-hydrogen) atoms. The first-order valence-electron chi connectivity index (χ1n) is 34.9. The van der Waals surface area contributed by atoms with Crippen LogP contribution in [0.5, 0.6) is 0 Å². The van der Waals surface area contributed by atoms with E-state index in [2.05, 4.69) is 110 Å². The monoisotopic (exact) mass is 1380 g/mol. The van der Waals surface area contributed by atoms with Crippen LogP contribution >= 0.6 is 0 Å². The summed E-state index contributed by atoms with van der Waals surface area (Å²) in [5, 5.41) is 3.40. The van der Waals surface area contributed by atoms with Crippen LogP contribution in [-0.4, -0.2) is 148 Å². The summed E-state index contributed by atoms with van der Waals surface area (Å²) in [6.45, 7) is 21.2. The number of ether oxygens (including phenoxy) is 11. The highest BCUT2D eigenvalue weighted by Crippen LogP contribution is 2.44. The molecule has 11 atom stereocenters. The summed E-state index contributed by atoms with van der Waals surface area (Å²) in [4.78, 5) is 44.4. The van der Waals surface area contributed by atoms with Gasteiger partial charge >= 0.3 is 17.9 Å². The smallest absolute Gasteiger partial charge is 0.340 e. The highest BCUT2D eigenvalue weighted by atomic mass is 28.4. The van der Waals surface area contributed by atoms with Crippen molar-refractivity contribution in [1.29, 1.82) is 0 Å². The molecule has 526 valence electrons. The van der Waals surface area contributed by atoms with Crippen LogP contribution in [0, 0.1) is 0 Å². The average Bonchev–Trinajstić information content (AvgIpc) is 1.67. The lowest BCUT2D eigenvalue weighted by atomic mass is 10.0. The van der Waals surface area contributed by atoms with Gasteiger partial charge in [-0.1, -0.05) is 250 Å². The molecule has 0 amide bonds. The number of hydrogen-bond acceptors (Lipinski definition) is 16. The van der Waals surface area contributed by atoms with E-state index in [9.17, 15) is 9.59 Å². The van der Waals surface area contributed by atoms with Crippen LogP contribution in [-0.2, 0) is 61.0 Å². The van der Waals surface area contributed by atoms with Gasteiger partial charge in [0.15, 0.2) is 30.9 Å². The van der Waals surface area contributed by atoms with E-state index < -0.39 is 112 Å². The Balaban J connectivity index is 1.07. The van der Waals surface area contributed by atoms with Crippen molar-refractivity contribution >= 4 is 55.3 Å². The Labute approximate surface area is 586 Å². The van der Waals surface area contributed by atoms with Gasteiger partial charge in [0.1, 0.15) is 37.1 Å². The number of esters is 3. The highest BCUT2D eigenvalue weighted by Gasteiger charge is 2.63. The molecule has 3 saturated heterocycles. The largest absolute Gasteiger partial charge is 0.450 e. The third kappa shape index (κ3) is 17.6. The number of benzene rings is 7. The molecule has 18 heteroatoms. The molecule has 11 unspecified atom stereocenters. The Bertz CT molecular complexity index is 3520. The molecule has 0 radical (unpaired) electrons. The molecule has 0 saturated carbocycles. The van der Waals surface area contributed by atoms with Gasteiger partial charge in [-0.15, -0.1) is 6.58 Å². The molecule has 7 aromatic rings. The van der Waals surface area contributed by atoms with Crippen molar-refractivity contribution in [2.45, 2.75) is 171 Å². The predicted octanol–water partition coefficient (Wildman–Crippen LogP) is 12.7. The lowest BCUT2D eigenvalue weighted by Crippen LogP contribution is -2.67. The fourth-order valence-electron chi connectivity index (χ4n) is 13.6. The first-order valence-corrected chi connectivity index (χ1v) is 38.8. The summed E-state index contributed by atoms with van der Waals surface area (Å²) in [5.41, 5.74) is 0.791.